The van der Waals surface area contributed by atoms with E-state index in [9.17, 15) is 23.3 Å². The number of nitrogens with zero attached hydrogens (tertiary/aromatic N) is 2. The second kappa shape index (κ2) is 5.57. The number of benzene rings is 1. The molecule has 0 bridgehead atoms. The van der Waals surface area contributed by atoms with Gasteiger partial charge in [-0.2, -0.15) is 13.2 Å². The number of H-pyrrole nitrogens is 1. The van der Waals surface area contributed by atoms with Gasteiger partial charge < -0.3 is 10.3 Å². The lowest BCUT2D eigenvalue weighted by atomic mass is 10.3. The topological polar surface area (TPSA) is 83.8 Å². The Balaban J connectivity index is 1.99. The zero-order chi connectivity index (χ0) is 14.8. The van der Waals surface area contributed by atoms with Crippen LogP contribution in [0.3, 0.4) is 0 Å². The van der Waals surface area contributed by atoms with Crippen LogP contribution in [-0.2, 0) is 0 Å². The summed E-state index contributed by atoms with van der Waals surface area (Å²) in [6.45, 7) is 0.0755. The first-order valence-corrected chi connectivity index (χ1v) is 6.42. The number of non-ortho nitro benzene ring substituents is 1. The lowest BCUT2D eigenvalue weighted by Crippen LogP contribution is -2.10. The van der Waals surface area contributed by atoms with Gasteiger partial charge in [0.25, 0.3) is 5.69 Å². The summed E-state index contributed by atoms with van der Waals surface area (Å²) in [5, 5.41) is 13.3. The Morgan fingerprint density at radius 1 is 1.45 bits per heavy atom. The maximum absolute atomic E-state index is 11.9. The number of nitro groups is 1. The Hall–Kier alpha value is -1.97. The van der Waals surface area contributed by atoms with Crippen LogP contribution in [0.1, 0.15) is 0 Å². The van der Waals surface area contributed by atoms with Crippen molar-refractivity contribution in [2.24, 2.45) is 0 Å². The van der Waals surface area contributed by atoms with Gasteiger partial charge in [0.15, 0.2) is 0 Å². The lowest BCUT2D eigenvalue weighted by molar-refractivity contribution is -0.384. The largest absolute Gasteiger partial charge is 0.441 e. The van der Waals surface area contributed by atoms with Gasteiger partial charge in [-0.05, 0) is 17.8 Å². The van der Waals surface area contributed by atoms with E-state index in [0.717, 1.165) is 0 Å². The molecule has 0 radical (unpaired) electrons. The molecule has 0 amide bonds. The second-order valence-corrected chi connectivity index (χ2v) is 4.92. The van der Waals surface area contributed by atoms with Crippen molar-refractivity contribution in [1.82, 2.24) is 9.97 Å². The standard InChI is InChI=1S/C10H9F3N4O2S/c11-10(12,13)20-4-3-14-9-15-7-2-1-6(17(18)19)5-8(7)16-9/h1-2,5H,3-4H2,(H2,14,15,16). The van der Waals surface area contributed by atoms with E-state index in [1.807, 2.05) is 0 Å². The van der Waals surface area contributed by atoms with Crippen LogP contribution in [0.2, 0.25) is 0 Å². The van der Waals surface area contributed by atoms with Gasteiger partial charge in [-0.1, -0.05) is 0 Å². The second-order valence-electron chi connectivity index (χ2n) is 3.76. The average Bonchev–Trinajstić information content (AvgIpc) is 2.75. The zero-order valence-corrected chi connectivity index (χ0v) is 10.7. The smallest absolute Gasteiger partial charge is 0.355 e. The fourth-order valence-corrected chi connectivity index (χ4v) is 1.97. The molecule has 0 aliphatic rings. The zero-order valence-electron chi connectivity index (χ0n) is 9.90. The molecular weight excluding hydrogens is 297 g/mol. The molecule has 2 rings (SSSR count). The number of rotatable bonds is 5. The number of anilines is 1. The van der Waals surface area contributed by atoms with Crippen LogP contribution >= 0.6 is 11.8 Å². The lowest BCUT2D eigenvalue weighted by Gasteiger charge is -2.05. The quantitative estimate of drug-likeness (QED) is 0.503. The highest BCUT2D eigenvalue weighted by molar-refractivity contribution is 8.00. The van der Waals surface area contributed by atoms with Gasteiger partial charge in [0.2, 0.25) is 5.95 Å². The molecular formula is C10H9F3N4O2S. The molecule has 0 saturated heterocycles. The van der Waals surface area contributed by atoms with Crippen molar-refractivity contribution in [3.8, 4) is 0 Å². The molecule has 20 heavy (non-hydrogen) atoms. The SMILES string of the molecule is O=[N+]([O-])c1ccc2nc(NCCSC(F)(F)F)[nH]c2c1. The molecule has 2 N–H and O–H groups in total. The van der Waals surface area contributed by atoms with Gasteiger partial charge in [-0.3, -0.25) is 10.1 Å². The highest BCUT2D eigenvalue weighted by atomic mass is 32.2. The van der Waals surface area contributed by atoms with E-state index in [4.69, 9.17) is 0 Å². The Labute approximate surface area is 114 Å². The number of hydrogen-bond acceptors (Lipinski definition) is 5. The van der Waals surface area contributed by atoms with E-state index in [0.29, 0.717) is 11.0 Å². The molecule has 10 heteroatoms. The number of fused-ring (bicyclic) bond motifs is 1. The summed E-state index contributed by atoms with van der Waals surface area (Å²) in [5.74, 6) is 0.129. The molecule has 1 aromatic heterocycles. The minimum absolute atomic E-state index is 0.0755. The van der Waals surface area contributed by atoms with Crippen LogP contribution in [-0.4, -0.2) is 32.7 Å². The molecule has 0 unspecified atom stereocenters. The summed E-state index contributed by atoms with van der Waals surface area (Å²) >= 11 is -0.127. The van der Waals surface area contributed by atoms with Crippen LogP contribution in [0, 0.1) is 10.1 Å². The fourth-order valence-electron chi connectivity index (χ4n) is 1.53. The molecule has 2 aromatic rings. The van der Waals surface area contributed by atoms with Crippen molar-refractivity contribution in [3.05, 3.63) is 28.3 Å². The van der Waals surface area contributed by atoms with Crippen molar-refractivity contribution >= 4 is 34.4 Å². The number of hydrogen-bond donors (Lipinski definition) is 2. The first kappa shape index (κ1) is 14.4. The molecule has 108 valence electrons. The van der Waals surface area contributed by atoms with Crippen LogP contribution in [0.25, 0.3) is 11.0 Å². The number of imidazole rings is 1. The molecule has 6 nitrogen and oxygen atoms in total. The summed E-state index contributed by atoms with van der Waals surface area (Å²) in [6, 6.07) is 4.10. The highest BCUT2D eigenvalue weighted by Crippen LogP contribution is 2.29. The van der Waals surface area contributed by atoms with E-state index < -0.39 is 10.4 Å². The Morgan fingerprint density at radius 2 is 2.20 bits per heavy atom. The number of thioether (sulfide) groups is 1. The summed E-state index contributed by atoms with van der Waals surface area (Å²) in [7, 11) is 0. The number of aromatic nitrogens is 2. The first-order valence-electron chi connectivity index (χ1n) is 5.44. The van der Waals surface area contributed by atoms with E-state index in [1.54, 1.807) is 0 Å². The van der Waals surface area contributed by atoms with Crippen molar-refractivity contribution in [2.75, 3.05) is 17.6 Å². The predicted octanol–water partition coefficient (Wildman–Crippen LogP) is 3.14. The number of nitro benzene ring substituents is 1. The number of halogens is 3. The van der Waals surface area contributed by atoms with Crippen LogP contribution in [0.5, 0.6) is 0 Å². The van der Waals surface area contributed by atoms with E-state index >= 15 is 0 Å². The number of nitrogens with one attached hydrogen (secondary N) is 2. The molecule has 0 aliphatic carbocycles. The van der Waals surface area contributed by atoms with Gasteiger partial charge in [0, 0.05) is 24.4 Å². The highest BCUT2D eigenvalue weighted by Gasteiger charge is 2.27. The summed E-state index contributed by atoms with van der Waals surface area (Å²) in [5.41, 5.74) is -3.39. The van der Waals surface area contributed by atoms with Crippen LogP contribution in [0.15, 0.2) is 18.2 Å². The molecule has 1 aromatic carbocycles. The Bertz CT molecular complexity index is 628. The number of aromatic amines is 1. The van der Waals surface area contributed by atoms with E-state index in [-0.39, 0.29) is 35.7 Å². The van der Waals surface area contributed by atoms with Crippen molar-refractivity contribution in [3.63, 3.8) is 0 Å². The van der Waals surface area contributed by atoms with Gasteiger partial charge in [-0.25, -0.2) is 4.98 Å². The minimum Gasteiger partial charge on any atom is -0.355 e. The van der Waals surface area contributed by atoms with Gasteiger partial charge in [-0.15, -0.1) is 0 Å². The average molecular weight is 306 g/mol. The van der Waals surface area contributed by atoms with Crippen LogP contribution < -0.4 is 5.32 Å². The summed E-state index contributed by atoms with van der Waals surface area (Å²) in [4.78, 5) is 16.9. The van der Waals surface area contributed by atoms with Gasteiger partial charge in [0.1, 0.15) is 0 Å². The normalized spacial score (nSPS) is 11.8. The maximum Gasteiger partial charge on any atom is 0.441 e. The predicted molar refractivity (Wildman–Crippen MR) is 69.8 cm³/mol. The van der Waals surface area contributed by atoms with Crippen LogP contribution in [0.4, 0.5) is 24.8 Å². The van der Waals surface area contributed by atoms with Crippen molar-refractivity contribution < 1.29 is 18.1 Å². The van der Waals surface area contributed by atoms with E-state index in [2.05, 4.69) is 15.3 Å². The molecule has 1 heterocycles. The summed E-state index contributed by atoms with van der Waals surface area (Å²) in [6.07, 6.45) is 0. The molecule has 0 saturated carbocycles. The molecule has 0 spiro atoms. The molecule has 0 aliphatic heterocycles. The third kappa shape index (κ3) is 3.76. The first-order chi connectivity index (χ1) is 9.35. The minimum atomic E-state index is -4.25. The van der Waals surface area contributed by atoms with E-state index in [1.165, 1.54) is 18.2 Å². The third-order valence-corrected chi connectivity index (χ3v) is 3.07. The summed E-state index contributed by atoms with van der Waals surface area (Å²) < 4.78 is 35.8. The van der Waals surface area contributed by atoms with Crippen molar-refractivity contribution in [1.29, 1.82) is 0 Å². The number of alkyl halides is 3. The molecule has 0 fully saturated rings. The third-order valence-electron chi connectivity index (χ3n) is 2.34. The maximum atomic E-state index is 11.9. The van der Waals surface area contributed by atoms with Gasteiger partial charge in [0.05, 0.1) is 16.0 Å². The van der Waals surface area contributed by atoms with Gasteiger partial charge >= 0.3 is 5.51 Å². The fraction of sp³-hybridized carbons (Fsp3) is 0.300. The Morgan fingerprint density at radius 3 is 2.85 bits per heavy atom. The monoisotopic (exact) mass is 306 g/mol. The molecule has 0 atom stereocenters. The van der Waals surface area contributed by atoms with Crippen molar-refractivity contribution in [2.45, 2.75) is 5.51 Å². The Kier molecular flexibility index (Phi) is 4.02.